The molecule has 0 saturated carbocycles. The summed E-state index contributed by atoms with van der Waals surface area (Å²) in [7, 11) is 1.56. The van der Waals surface area contributed by atoms with Crippen LogP contribution >= 0.6 is 11.3 Å². The molecule has 0 radical (unpaired) electrons. The van der Waals surface area contributed by atoms with Crippen LogP contribution in [0.1, 0.15) is 5.69 Å². The number of nitrogens with two attached hydrogens (primary N) is 1. The van der Waals surface area contributed by atoms with Gasteiger partial charge in [-0.1, -0.05) is 0 Å². The lowest BCUT2D eigenvalue weighted by Crippen LogP contribution is -1.98. The molecule has 5 heteroatoms. The maximum absolute atomic E-state index is 13.2. The Morgan fingerprint density at radius 2 is 2.31 bits per heavy atom. The van der Waals surface area contributed by atoms with Gasteiger partial charge in [0.25, 0.3) is 0 Å². The number of nitrogens with zero attached hydrogens (tertiary/aromatic N) is 1. The molecule has 3 nitrogen and oxygen atoms in total. The molecule has 0 fully saturated rings. The molecule has 16 heavy (non-hydrogen) atoms. The van der Waals surface area contributed by atoms with Gasteiger partial charge in [0.05, 0.1) is 23.2 Å². The van der Waals surface area contributed by atoms with E-state index in [9.17, 15) is 4.39 Å². The average molecular weight is 238 g/mol. The third-order valence-electron chi connectivity index (χ3n) is 2.24. The van der Waals surface area contributed by atoms with Crippen LogP contribution in [0.4, 0.5) is 4.39 Å². The van der Waals surface area contributed by atoms with Crippen molar-refractivity contribution in [2.45, 2.75) is 6.54 Å². The zero-order chi connectivity index (χ0) is 11.5. The van der Waals surface area contributed by atoms with E-state index >= 15 is 0 Å². The fraction of sp³-hybridized carbons (Fsp3) is 0.182. The zero-order valence-corrected chi connectivity index (χ0v) is 9.55. The molecule has 2 aromatic rings. The molecule has 0 unspecified atom stereocenters. The lowest BCUT2D eigenvalue weighted by molar-refractivity contribution is 0.415. The van der Waals surface area contributed by atoms with Crippen molar-refractivity contribution in [3.8, 4) is 16.2 Å². The van der Waals surface area contributed by atoms with Crippen molar-refractivity contribution < 1.29 is 9.13 Å². The number of benzene rings is 1. The molecule has 0 amide bonds. The molecular weight excluding hydrogens is 227 g/mol. The highest BCUT2D eigenvalue weighted by Crippen LogP contribution is 2.35. The van der Waals surface area contributed by atoms with Gasteiger partial charge < -0.3 is 10.5 Å². The van der Waals surface area contributed by atoms with Crippen molar-refractivity contribution in [3.05, 3.63) is 35.2 Å². The summed E-state index contributed by atoms with van der Waals surface area (Å²) < 4.78 is 18.4. The first kappa shape index (κ1) is 11.0. The normalized spacial score (nSPS) is 10.4. The standard InChI is InChI=1S/C11H11FN2OS/c1-15-10-3-2-7(12)4-8(10)11-9(5-13)14-6-16-11/h2-4,6H,5,13H2,1H3. The van der Waals surface area contributed by atoms with Gasteiger partial charge in [-0.25, -0.2) is 9.37 Å². The first-order chi connectivity index (χ1) is 7.76. The highest BCUT2D eigenvalue weighted by atomic mass is 32.1. The number of hydrogen-bond acceptors (Lipinski definition) is 4. The molecule has 2 rings (SSSR count). The first-order valence-corrected chi connectivity index (χ1v) is 5.60. The number of ether oxygens (including phenoxy) is 1. The number of methoxy groups -OCH3 is 1. The molecule has 84 valence electrons. The van der Waals surface area contributed by atoms with E-state index in [4.69, 9.17) is 10.5 Å². The van der Waals surface area contributed by atoms with E-state index in [1.54, 1.807) is 18.7 Å². The van der Waals surface area contributed by atoms with E-state index in [1.807, 2.05) is 0 Å². The van der Waals surface area contributed by atoms with Gasteiger partial charge in [0.1, 0.15) is 11.6 Å². The summed E-state index contributed by atoms with van der Waals surface area (Å²) >= 11 is 1.43. The summed E-state index contributed by atoms with van der Waals surface area (Å²) in [6, 6.07) is 4.40. The van der Waals surface area contributed by atoms with Gasteiger partial charge in [-0.05, 0) is 18.2 Å². The lowest BCUT2D eigenvalue weighted by Gasteiger charge is -2.07. The fourth-order valence-corrected chi connectivity index (χ4v) is 2.34. The number of rotatable bonds is 3. The molecule has 2 N–H and O–H groups in total. The minimum Gasteiger partial charge on any atom is -0.496 e. The van der Waals surface area contributed by atoms with Crippen molar-refractivity contribution in [1.29, 1.82) is 0 Å². The van der Waals surface area contributed by atoms with Crippen molar-refractivity contribution in [2.75, 3.05) is 7.11 Å². The van der Waals surface area contributed by atoms with Crippen LogP contribution in [0.2, 0.25) is 0 Å². The molecule has 0 aliphatic rings. The minimum atomic E-state index is -0.299. The van der Waals surface area contributed by atoms with Crippen LogP contribution in [0.5, 0.6) is 5.75 Å². The van der Waals surface area contributed by atoms with E-state index < -0.39 is 0 Å². The molecule has 0 saturated heterocycles. The molecule has 1 aromatic heterocycles. The highest BCUT2D eigenvalue weighted by Gasteiger charge is 2.13. The van der Waals surface area contributed by atoms with E-state index in [2.05, 4.69) is 4.98 Å². The first-order valence-electron chi connectivity index (χ1n) is 4.72. The van der Waals surface area contributed by atoms with Crippen LogP contribution in [0.15, 0.2) is 23.7 Å². The molecule has 0 bridgehead atoms. The molecule has 1 heterocycles. The molecule has 0 atom stereocenters. The fourth-order valence-electron chi connectivity index (χ4n) is 1.49. The predicted molar refractivity (Wildman–Crippen MR) is 62.0 cm³/mol. The van der Waals surface area contributed by atoms with Crippen LogP contribution < -0.4 is 10.5 Å². The Hall–Kier alpha value is -1.46. The Balaban J connectivity index is 2.58. The van der Waals surface area contributed by atoms with Gasteiger partial charge in [0.15, 0.2) is 0 Å². The van der Waals surface area contributed by atoms with Gasteiger partial charge in [0, 0.05) is 12.1 Å². The molecule has 1 aromatic carbocycles. The topological polar surface area (TPSA) is 48.1 Å². The zero-order valence-electron chi connectivity index (χ0n) is 8.74. The van der Waals surface area contributed by atoms with Gasteiger partial charge >= 0.3 is 0 Å². The van der Waals surface area contributed by atoms with Crippen molar-refractivity contribution in [3.63, 3.8) is 0 Å². The second kappa shape index (κ2) is 4.59. The van der Waals surface area contributed by atoms with Crippen LogP contribution in [-0.2, 0) is 6.54 Å². The summed E-state index contributed by atoms with van der Waals surface area (Å²) in [5.74, 6) is 0.326. The Morgan fingerprint density at radius 1 is 1.50 bits per heavy atom. The number of thiazole rings is 1. The summed E-state index contributed by atoms with van der Waals surface area (Å²) in [5.41, 5.74) is 8.73. The van der Waals surface area contributed by atoms with Crippen LogP contribution in [-0.4, -0.2) is 12.1 Å². The predicted octanol–water partition coefficient (Wildman–Crippen LogP) is 2.42. The highest BCUT2D eigenvalue weighted by molar-refractivity contribution is 7.13. The van der Waals surface area contributed by atoms with Crippen molar-refractivity contribution >= 4 is 11.3 Å². The Labute approximate surface area is 96.7 Å². The summed E-state index contributed by atoms with van der Waals surface area (Å²) in [4.78, 5) is 4.99. The van der Waals surface area contributed by atoms with Gasteiger partial charge in [-0.15, -0.1) is 11.3 Å². The van der Waals surface area contributed by atoms with Gasteiger partial charge in [0.2, 0.25) is 0 Å². The molecular formula is C11H11FN2OS. The summed E-state index contributed by atoms with van der Waals surface area (Å²) in [5, 5.41) is 0. The second-order valence-corrected chi connectivity index (χ2v) is 4.03. The SMILES string of the molecule is COc1ccc(F)cc1-c1scnc1CN. The Kier molecular flexibility index (Phi) is 3.17. The monoisotopic (exact) mass is 238 g/mol. The summed E-state index contributed by atoms with van der Waals surface area (Å²) in [6.07, 6.45) is 0. The van der Waals surface area contributed by atoms with Crippen LogP contribution in [0, 0.1) is 5.82 Å². The van der Waals surface area contributed by atoms with E-state index in [-0.39, 0.29) is 5.82 Å². The van der Waals surface area contributed by atoms with Crippen LogP contribution in [0.25, 0.3) is 10.4 Å². The van der Waals surface area contributed by atoms with E-state index in [1.165, 1.54) is 23.5 Å². The third-order valence-corrected chi connectivity index (χ3v) is 3.14. The minimum absolute atomic E-state index is 0.299. The number of halogens is 1. The van der Waals surface area contributed by atoms with E-state index in [0.29, 0.717) is 17.9 Å². The Bertz CT molecular complexity index is 498. The maximum Gasteiger partial charge on any atom is 0.127 e. The van der Waals surface area contributed by atoms with Crippen LogP contribution in [0.3, 0.4) is 0 Å². The number of hydrogen-bond donors (Lipinski definition) is 1. The summed E-state index contributed by atoms with van der Waals surface area (Å²) in [6.45, 7) is 0.332. The maximum atomic E-state index is 13.2. The quantitative estimate of drug-likeness (QED) is 0.893. The smallest absolute Gasteiger partial charge is 0.127 e. The molecule has 0 aliphatic carbocycles. The number of aromatic nitrogens is 1. The largest absolute Gasteiger partial charge is 0.496 e. The molecule has 0 spiro atoms. The van der Waals surface area contributed by atoms with Gasteiger partial charge in [-0.2, -0.15) is 0 Å². The van der Waals surface area contributed by atoms with Crippen molar-refractivity contribution in [1.82, 2.24) is 4.98 Å². The second-order valence-electron chi connectivity index (χ2n) is 3.18. The Morgan fingerprint density at radius 3 is 3.00 bits per heavy atom. The van der Waals surface area contributed by atoms with E-state index in [0.717, 1.165) is 10.6 Å². The third kappa shape index (κ3) is 1.91. The average Bonchev–Trinajstić information content (AvgIpc) is 2.76. The van der Waals surface area contributed by atoms with Crippen molar-refractivity contribution in [2.24, 2.45) is 5.73 Å². The van der Waals surface area contributed by atoms with Gasteiger partial charge in [-0.3, -0.25) is 0 Å². The molecule has 0 aliphatic heterocycles. The lowest BCUT2D eigenvalue weighted by atomic mass is 10.1.